The van der Waals surface area contributed by atoms with E-state index >= 15 is 0 Å². The fourth-order valence-corrected chi connectivity index (χ4v) is 2.04. The van der Waals surface area contributed by atoms with Crippen LogP contribution < -0.4 is 16.6 Å². The SMILES string of the molecule is CCNC=C1[C@H](n2ccc(=O)[nH]c2=O)O[C@H](CO)[C@H]1O. The Balaban J connectivity index is 2.42. The Labute approximate surface area is 114 Å². The highest BCUT2D eigenvalue weighted by Gasteiger charge is 2.39. The minimum Gasteiger partial charge on any atom is -0.394 e. The van der Waals surface area contributed by atoms with E-state index in [9.17, 15) is 19.8 Å². The van der Waals surface area contributed by atoms with Gasteiger partial charge < -0.3 is 20.3 Å². The molecule has 1 aromatic heterocycles. The number of H-pyrrole nitrogens is 1. The lowest BCUT2D eigenvalue weighted by atomic mass is 10.1. The Bertz CT molecular complexity index is 606. The van der Waals surface area contributed by atoms with Crippen molar-refractivity contribution in [2.45, 2.75) is 25.4 Å². The molecule has 4 N–H and O–H groups in total. The molecule has 1 aliphatic heterocycles. The quantitative estimate of drug-likeness (QED) is 0.522. The zero-order valence-electron chi connectivity index (χ0n) is 10.9. The molecule has 0 amide bonds. The summed E-state index contributed by atoms with van der Waals surface area (Å²) >= 11 is 0. The fourth-order valence-electron chi connectivity index (χ4n) is 2.04. The van der Waals surface area contributed by atoms with Crippen molar-refractivity contribution in [3.8, 4) is 0 Å². The smallest absolute Gasteiger partial charge is 0.330 e. The molecule has 8 nitrogen and oxygen atoms in total. The van der Waals surface area contributed by atoms with Crippen molar-refractivity contribution in [3.05, 3.63) is 44.9 Å². The maximum absolute atomic E-state index is 11.8. The number of rotatable bonds is 4. The monoisotopic (exact) mass is 283 g/mol. The average molecular weight is 283 g/mol. The molecule has 1 aromatic rings. The van der Waals surface area contributed by atoms with Crippen LogP contribution in [-0.4, -0.2) is 45.1 Å². The van der Waals surface area contributed by atoms with Gasteiger partial charge in [-0.3, -0.25) is 14.3 Å². The van der Waals surface area contributed by atoms with Crippen molar-refractivity contribution in [2.75, 3.05) is 13.2 Å². The summed E-state index contributed by atoms with van der Waals surface area (Å²) in [5, 5.41) is 22.2. The highest BCUT2D eigenvalue weighted by atomic mass is 16.5. The third kappa shape index (κ3) is 2.67. The second-order valence-electron chi connectivity index (χ2n) is 4.37. The number of aliphatic hydroxyl groups is 2. The van der Waals surface area contributed by atoms with Gasteiger partial charge in [0.05, 0.1) is 6.61 Å². The Kier molecular flexibility index (Phi) is 4.38. The van der Waals surface area contributed by atoms with Crippen molar-refractivity contribution in [2.24, 2.45) is 0 Å². The third-order valence-electron chi connectivity index (χ3n) is 3.04. The molecule has 0 bridgehead atoms. The molecular weight excluding hydrogens is 266 g/mol. The summed E-state index contributed by atoms with van der Waals surface area (Å²) in [6.45, 7) is 2.14. The standard InChI is InChI=1S/C12H17N3O5/c1-2-13-5-7-10(18)8(6-16)20-11(7)15-4-3-9(17)14-12(15)19/h3-5,8,10-11,13,16,18H,2,6H2,1H3,(H,14,17,19)/t8-,10+,11-/m1/s1. The van der Waals surface area contributed by atoms with Gasteiger partial charge in [0.25, 0.3) is 5.56 Å². The number of nitrogens with one attached hydrogen (secondary N) is 2. The van der Waals surface area contributed by atoms with Gasteiger partial charge in [0.15, 0.2) is 6.23 Å². The van der Waals surface area contributed by atoms with Crippen molar-refractivity contribution in [1.82, 2.24) is 14.9 Å². The highest BCUT2D eigenvalue weighted by Crippen LogP contribution is 2.32. The predicted octanol–water partition coefficient (Wildman–Crippen LogP) is -1.72. The van der Waals surface area contributed by atoms with Crippen LogP contribution in [0.15, 0.2) is 33.6 Å². The molecule has 0 aliphatic carbocycles. The summed E-state index contributed by atoms with van der Waals surface area (Å²) in [6.07, 6.45) is 0.137. The first-order chi connectivity index (χ1) is 9.58. The molecule has 0 radical (unpaired) electrons. The molecule has 0 aromatic carbocycles. The third-order valence-corrected chi connectivity index (χ3v) is 3.04. The Morgan fingerprint density at radius 2 is 2.30 bits per heavy atom. The summed E-state index contributed by atoms with van der Waals surface area (Å²) in [6, 6.07) is 1.19. The van der Waals surface area contributed by atoms with Gasteiger partial charge in [-0.2, -0.15) is 0 Å². The lowest BCUT2D eigenvalue weighted by Gasteiger charge is -2.15. The zero-order valence-corrected chi connectivity index (χ0v) is 10.9. The van der Waals surface area contributed by atoms with Crippen molar-refractivity contribution < 1.29 is 14.9 Å². The predicted molar refractivity (Wildman–Crippen MR) is 70.1 cm³/mol. The lowest BCUT2D eigenvalue weighted by Crippen LogP contribution is -2.32. The van der Waals surface area contributed by atoms with E-state index < -0.39 is 29.7 Å². The fraction of sp³-hybridized carbons (Fsp3) is 0.500. The van der Waals surface area contributed by atoms with E-state index in [0.29, 0.717) is 12.1 Å². The molecule has 8 heteroatoms. The van der Waals surface area contributed by atoms with Gasteiger partial charge in [-0.05, 0) is 6.92 Å². The minimum atomic E-state index is -1.03. The van der Waals surface area contributed by atoms with Gasteiger partial charge in [0, 0.05) is 30.6 Å². The van der Waals surface area contributed by atoms with Gasteiger partial charge in [0.1, 0.15) is 12.2 Å². The van der Waals surface area contributed by atoms with Crippen molar-refractivity contribution >= 4 is 0 Å². The van der Waals surface area contributed by atoms with Crippen LogP contribution >= 0.6 is 0 Å². The number of aromatic amines is 1. The van der Waals surface area contributed by atoms with Crippen LogP contribution in [0.25, 0.3) is 0 Å². The Morgan fingerprint density at radius 1 is 1.55 bits per heavy atom. The maximum atomic E-state index is 11.8. The number of hydrogen-bond donors (Lipinski definition) is 4. The van der Waals surface area contributed by atoms with Crippen LogP contribution in [0.5, 0.6) is 0 Å². The molecule has 3 atom stereocenters. The Morgan fingerprint density at radius 3 is 2.90 bits per heavy atom. The van der Waals surface area contributed by atoms with Crippen molar-refractivity contribution in [3.63, 3.8) is 0 Å². The number of hydrogen-bond acceptors (Lipinski definition) is 6. The number of nitrogens with zero attached hydrogens (tertiary/aromatic N) is 1. The maximum Gasteiger partial charge on any atom is 0.330 e. The molecule has 0 saturated carbocycles. The molecule has 2 rings (SSSR count). The average Bonchev–Trinajstić information content (AvgIpc) is 2.73. The second-order valence-corrected chi connectivity index (χ2v) is 4.37. The Hall–Kier alpha value is -1.90. The molecule has 110 valence electrons. The van der Waals surface area contributed by atoms with E-state index in [2.05, 4.69) is 10.3 Å². The number of aromatic nitrogens is 2. The van der Waals surface area contributed by atoms with Crippen LogP contribution in [-0.2, 0) is 4.74 Å². The van der Waals surface area contributed by atoms with Gasteiger partial charge >= 0.3 is 5.69 Å². The lowest BCUT2D eigenvalue weighted by molar-refractivity contribution is -0.0447. The van der Waals surface area contributed by atoms with Crippen molar-refractivity contribution in [1.29, 1.82) is 0 Å². The first-order valence-corrected chi connectivity index (χ1v) is 6.27. The normalized spacial score (nSPS) is 27.9. The first kappa shape index (κ1) is 14.5. The van der Waals surface area contributed by atoms with E-state index in [1.54, 1.807) is 6.20 Å². The molecule has 0 spiro atoms. The molecule has 0 unspecified atom stereocenters. The summed E-state index contributed by atoms with van der Waals surface area (Å²) in [7, 11) is 0. The summed E-state index contributed by atoms with van der Waals surface area (Å²) in [4.78, 5) is 25.0. The zero-order chi connectivity index (χ0) is 14.7. The first-order valence-electron chi connectivity index (χ1n) is 6.27. The summed E-state index contributed by atoms with van der Waals surface area (Å²) in [5.74, 6) is 0. The molecular formula is C12H17N3O5. The van der Waals surface area contributed by atoms with E-state index in [4.69, 9.17) is 4.74 Å². The van der Waals surface area contributed by atoms with Crippen LogP contribution in [0, 0.1) is 0 Å². The molecule has 1 aliphatic rings. The number of aliphatic hydroxyl groups excluding tert-OH is 2. The summed E-state index contributed by atoms with van der Waals surface area (Å²) in [5.41, 5.74) is -0.739. The molecule has 20 heavy (non-hydrogen) atoms. The van der Waals surface area contributed by atoms with E-state index in [0.717, 1.165) is 4.57 Å². The van der Waals surface area contributed by atoms with Crippen LogP contribution in [0.3, 0.4) is 0 Å². The van der Waals surface area contributed by atoms with E-state index in [-0.39, 0.29) is 6.61 Å². The topological polar surface area (TPSA) is 117 Å². The summed E-state index contributed by atoms with van der Waals surface area (Å²) < 4.78 is 6.63. The van der Waals surface area contributed by atoms with E-state index in [1.165, 1.54) is 12.3 Å². The molecule has 1 saturated heterocycles. The van der Waals surface area contributed by atoms with Crippen LogP contribution in [0.1, 0.15) is 13.2 Å². The van der Waals surface area contributed by atoms with Crippen LogP contribution in [0.2, 0.25) is 0 Å². The van der Waals surface area contributed by atoms with Gasteiger partial charge in [-0.1, -0.05) is 0 Å². The van der Waals surface area contributed by atoms with Gasteiger partial charge in [-0.15, -0.1) is 0 Å². The second kappa shape index (κ2) is 6.04. The van der Waals surface area contributed by atoms with Gasteiger partial charge in [-0.25, -0.2) is 4.79 Å². The number of ether oxygens (including phenoxy) is 1. The largest absolute Gasteiger partial charge is 0.394 e. The van der Waals surface area contributed by atoms with E-state index in [1.807, 2.05) is 6.92 Å². The molecule has 2 heterocycles. The van der Waals surface area contributed by atoms with Gasteiger partial charge in [0.2, 0.25) is 0 Å². The van der Waals surface area contributed by atoms with Crippen LogP contribution in [0.4, 0.5) is 0 Å². The highest BCUT2D eigenvalue weighted by molar-refractivity contribution is 5.18. The minimum absolute atomic E-state index is 0.376. The molecule has 1 fully saturated rings.